The highest BCUT2D eigenvalue weighted by molar-refractivity contribution is 6.01. The molecule has 8 nitrogen and oxygen atoms in total. The quantitative estimate of drug-likeness (QED) is 0.881. The van der Waals surface area contributed by atoms with E-state index in [9.17, 15) is 9.59 Å². The Labute approximate surface area is 126 Å². The Morgan fingerprint density at radius 3 is 2.77 bits per heavy atom. The van der Waals surface area contributed by atoms with E-state index in [-0.39, 0.29) is 12.4 Å². The van der Waals surface area contributed by atoms with E-state index in [0.717, 1.165) is 11.1 Å². The maximum absolute atomic E-state index is 11.8. The Bertz CT molecular complexity index is 759. The van der Waals surface area contributed by atoms with Crippen molar-refractivity contribution in [1.82, 2.24) is 20.1 Å². The topological polar surface area (TPSA) is 113 Å². The molecule has 0 atom stereocenters. The third kappa shape index (κ3) is 3.89. The highest BCUT2D eigenvalue weighted by Gasteiger charge is 2.11. The van der Waals surface area contributed by atoms with E-state index in [1.165, 1.54) is 11.0 Å². The van der Waals surface area contributed by atoms with Crippen LogP contribution < -0.4 is 10.6 Å². The average Bonchev–Trinajstić information content (AvgIpc) is 2.89. The highest BCUT2D eigenvalue weighted by atomic mass is 16.2. The Kier molecular flexibility index (Phi) is 4.48. The minimum Gasteiger partial charge on any atom is -0.307 e. The minimum atomic E-state index is -0.627. The predicted octanol–water partition coefficient (Wildman–Crippen LogP) is 1.11. The van der Waals surface area contributed by atoms with Crippen molar-refractivity contribution in [2.75, 3.05) is 5.32 Å². The van der Waals surface area contributed by atoms with Crippen LogP contribution in [-0.4, -0.2) is 26.7 Å². The van der Waals surface area contributed by atoms with Crippen LogP contribution in [0.2, 0.25) is 0 Å². The summed E-state index contributed by atoms with van der Waals surface area (Å²) in [5.41, 5.74) is 2.61. The number of benzene rings is 1. The first-order valence-electron chi connectivity index (χ1n) is 6.45. The molecular formula is C14H14N6O2. The summed E-state index contributed by atoms with van der Waals surface area (Å²) >= 11 is 0. The van der Waals surface area contributed by atoms with Crippen LogP contribution in [0, 0.1) is 25.2 Å². The molecule has 0 fully saturated rings. The second-order valence-corrected chi connectivity index (χ2v) is 4.70. The van der Waals surface area contributed by atoms with E-state index in [1.54, 1.807) is 12.1 Å². The molecule has 0 radical (unpaired) electrons. The average molecular weight is 298 g/mol. The van der Waals surface area contributed by atoms with Gasteiger partial charge in [0, 0.05) is 5.69 Å². The van der Waals surface area contributed by atoms with Crippen molar-refractivity contribution in [3.05, 3.63) is 41.5 Å². The number of anilines is 1. The molecule has 0 saturated carbocycles. The fraction of sp³-hybridized carbons (Fsp3) is 0.214. The smallest absolute Gasteiger partial charge is 0.307 e. The van der Waals surface area contributed by atoms with Gasteiger partial charge >= 0.3 is 6.03 Å². The van der Waals surface area contributed by atoms with Crippen LogP contribution in [0.15, 0.2) is 24.5 Å². The molecule has 2 aromatic rings. The summed E-state index contributed by atoms with van der Waals surface area (Å²) < 4.78 is 1.18. The molecule has 2 rings (SSSR count). The van der Waals surface area contributed by atoms with E-state index < -0.39 is 11.9 Å². The molecule has 0 unspecified atom stereocenters. The van der Waals surface area contributed by atoms with Gasteiger partial charge in [-0.15, -0.1) is 5.10 Å². The number of hydrogen-bond donors (Lipinski definition) is 2. The molecule has 8 heteroatoms. The van der Waals surface area contributed by atoms with Crippen LogP contribution in [0.3, 0.4) is 0 Å². The van der Waals surface area contributed by atoms with Crippen molar-refractivity contribution in [2.45, 2.75) is 20.4 Å². The third-order valence-electron chi connectivity index (χ3n) is 2.83. The lowest BCUT2D eigenvalue weighted by Gasteiger charge is -2.09. The molecule has 0 aliphatic heterocycles. The number of imide groups is 1. The molecule has 2 N–H and O–H groups in total. The zero-order valence-electron chi connectivity index (χ0n) is 12.1. The number of amides is 3. The fourth-order valence-electron chi connectivity index (χ4n) is 1.84. The van der Waals surface area contributed by atoms with Crippen molar-refractivity contribution in [2.24, 2.45) is 0 Å². The van der Waals surface area contributed by atoms with Gasteiger partial charge in [0.2, 0.25) is 5.91 Å². The normalized spacial score (nSPS) is 9.86. The van der Waals surface area contributed by atoms with Crippen LogP contribution in [-0.2, 0) is 11.3 Å². The summed E-state index contributed by atoms with van der Waals surface area (Å²) in [4.78, 5) is 27.1. The zero-order valence-corrected chi connectivity index (χ0v) is 12.1. The van der Waals surface area contributed by atoms with Crippen molar-refractivity contribution >= 4 is 17.6 Å². The molecule has 22 heavy (non-hydrogen) atoms. The van der Waals surface area contributed by atoms with Crippen molar-refractivity contribution < 1.29 is 9.59 Å². The number of urea groups is 1. The minimum absolute atomic E-state index is 0.0347. The van der Waals surface area contributed by atoms with E-state index in [0.29, 0.717) is 5.69 Å². The zero-order chi connectivity index (χ0) is 16.1. The van der Waals surface area contributed by atoms with Crippen molar-refractivity contribution in [3.63, 3.8) is 0 Å². The summed E-state index contributed by atoms with van der Waals surface area (Å²) in [6, 6.07) is 6.68. The maximum Gasteiger partial charge on any atom is 0.325 e. The van der Waals surface area contributed by atoms with Gasteiger partial charge in [0.05, 0.1) is 0 Å². The van der Waals surface area contributed by atoms with Crippen LogP contribution in [0.4, 0.5) is 10.5 Å². The van der Waals surface area contributed by atoms with E-state index in [1.807, 2.05) is 26.0 Å². The Morgan fingerprint density at radius 1 is 1.36 bits per heavy atom. The standard InChI is InChI=1S/C14H14N6O2/c1-9-3-4-11(10(2)5-9)17-14(22)18-13(21)7-20-8-16-12(6-15)19-20/h3-5,8H,7H2,1-2H3,(H2,17,18,21,22). The molecular weight excluding hydrogens is 284 g/mol. The third-order valence-corrected chi connectivity index (χ3v) is 2.83. The maximum atomic E-state index is 11.8. The van der Waals surface area contributed by atoms with E-state index in [4.69, 9.17) is 5.26 Å². The molecule has 1 aromatic heterocycles. The lowest BCUT2D eigenvalue weighted by molar-refractivity contribution is -0.120. The van der Waals surface area contributed by atoms with E-state index in [2.05, 4.69) is 20.7 Å². The number of aryl methyl sites for hydroxylation is 2. The molecule has 1 heterocycles. The van der Waals surface area contributed by atoms with Crippen LogP contribution >= 0.6 is 0 Å². The number of rotatable bonds is 3. The number of nitriles is 1. The summed E-state index contributed by atoms with van der Waals surface area (Å²) in [7, 11) is 0. The molecule has 0 aliphatic carbocycles. The number of nitrogens with zero attached hydrogens (tertiary/aromatic N) is 4. The van der Waals surface area contributed by atoms with Gasteiger partial charge < -0.3 is 5.32 Å². The largest absolute Gasteiger partial charge is 0.325 e. The molecule has 0 bridgehead atoms. The molecule has 112 valence electrons. The first-order valence-corrected chi connectivity index (χ1v) is 6.45. The number of carbonyl (C=O) groups excluding carboxylic acids is 2. The summed E-state index contributed by atoms with van der Waals surface area (Å²) in [6.07, 6.45) is 1.25. The lowest BCUT2D eigenvalue weighted by Crippen LogP contribution is -2.36. The number of nitrogens with one attached hydrogen (secondary N) is 2. The Hall–Kier alpha value is -3.21. The SMILES string of the molecule is Cc1ccc(NC(=O)NC(=O)Cn2cnc(C#N)n2)c(C)c1. The fourth-order valence-corrected chi connectivity index (χ4v) is 1.84. The highest BCUT2D eigenvalue weighted by Crippen LogP contribution is 2.15. The van der Waals surface area contributed by atoms with Gasteiger partial charge in [0.25, 0.3) is 5.82 Å². The van der Waals surface area contributed by atoms with Crippen molar-refractivity contribution in [1.29, 1.82) is 5.26 Å². The Balaban J connectivity index is 1.91. The van der Waals surface area contributed by atoms with Gasteiger partial charge in [-0.05, 0) is 25.5 Å². The summed E-state index contributed by atoms with van der Waals surface area (Å²) in [5, 5.41) is 17.1. The first-order chi connectivity index (χ1) is 10.5. The second kappa shape index (κ2) is 6.49. The number of aromatic nitrogens is 3. The van der Waals surface area contributed by atoms with Crippen LogP contribution in [0.5, 0.6) is 0 Å². The molecule has 1 aromatic carbocycles. The second-order valence-electron chi connectivity index (χ2n) is 4.70. The van der Waals surface area contributed by atoms with Gasteiger partial charge in [-0.25, -0.2) is 14.5 Å². The molecule has 3 amide bonds. The molecule has 0 spiro atoms. The van der Waals surface area contributed by atoms with Gasteiger partial charge in [-0.2, -0.15) is 5.26 Å². The number of carbonyl (C=O) groups is 2. The molecule has 0 saturated heterocycles. The first kappa shape index (κ1) is 15.2. The molecule has 0 aliphatic rings. The monoisotopic (exact) mass is 298 g/mol. The van der Waals surface area contributed by atoms with Gasteiger partial charge in [-0.1, -0.05) is 17.7 Å². The van der Waals surface area contributed by atoms with Crippen LogP contribution in [0.1, 0.15) is 17.0 Å². The van der Waals surface area contributed by atoms with E-state index >= 15 is 0 Å². The van der Waals surface area contributed by atoms with Gasteiger partial charge in [0.15, 0.2) is 0 Å². The van der Waals surface area contributed by atoms with Gasteiger partial charge in [-0.3, -0.25) is 10.1 Å². The summed E-state index contributed by atoms with van der Waals surface area (Å²) in [6.45, 7) is 3.62. The van der Waals surface area contributed by atoms with Crippen LogP contribution in [0.25, 0.3) is 0 Å². The number of hydrogen-bond acceptors (Lipinski definition) is 5. The Morgan fingerprint density at radius 2 is 2.14 bits per heavy atom. The lowest BCUT2D eigenvalue weighted by atomic mass is 10.1. The predicted molar refractivity (Wildman–Crippen MR) is 77.8 cm³/mol. The van der Waals surface area contributed by atoms with Crippen molar-refractivity contribution in [3.8, 4) is 6.07 Å². The van der Waals surface area contributed by atoms with Gasteiger partial charge in [0.1, 0.15) is 18.9 Å². The summed E-state index contributed by atoms with van der Waals surface area (Å²) in [5.74, 6) is -0.593.